The molecule has 2 aliphatic heterocycles. The fourth-order valence-electron chi connectivity index (χ4n) is 4.35. The largest absolute Gasteiger partial charge is 0.468 e. The summed E-state index contributed by atoms with van der Waals surface area (Å²) >= 11 is 1.81. The molecule has 5 rings (SSSR count). The topological polar surface area (TPSA) is 62.9 Å². The Balaban J connectivity index is 1.27. The van der Waals surface area contributed by atoms with E-state index in [0.29, 0.717) is 17.2 Å². The van der Waals surface area contributed by atoms with Gasteiger partial charge in [-0.25, -0.2) is 4.98 Å². The molecule has 2 unspecified atom stereocenters. The molecule has 3 aromatic rings. The first-order valence-corrected chi connectivity index (χ1v) is 12.3. The van der Waals surface area contributed by atoms with Crippen LogP contribution in [0.15, 0.2) is 70.4 Å². The van der Waals surface area contributed by atoms with Crippen molar-refractivity contribution in [3.8, 4) is 11.6 Å². The molecular weight excluding hydrogens is 432 g/mol. The maximum atomic E-state index is 6.32. The van der Waals surface area contributed by atoms with Gasteiger partial charge >= 0.3 is 0 Å². The molecule has 0 radical (unpaired) electrons. The van der Waals surface area contributed by atoms with E-state index in [0.717, 1.165) is 54.0 Å². The lowest BCUT2D eigenvalue weighted by Crippen LogP contribution is -2.42. The summed E-state index contributed by atoms with van der Waals surface area (Å²) in [4.78, 5) is 11.9. The second kappa shape index (κ2) is 9.23. The number of pyridine rings is 1. The molecule has 1 saturated heterocycles. The lowest BCUT2D eigenvalue weighted by Gasteiger charge is -2.32. The van der Waals surface area contributed by atoms with Gasteiger partial charge in [-0.05, 0) is 42.2 Å². The number of piperidine rings is 1. The highest BCUT2D eigenvalue weighted by Gasteiger charge is 2.36. The molecule has 0 aliphatic carbocycles. The van der Waals surface area contributed by atoms with Gasteiger partial charge in [0.25, 0.3) is 0 Å². The van der Waals surface area contributed by atoms with E-state index < -0.39 is 0 Å². The Labute approximate surface area is 199 Å². The molecule has 4 heterocycles. The Kier molecular flexibility index (Phi) is 6.17. The van der Waals surface area contributed by atoms with Gasteiger partial charge in [-0.2, -0.15) is 0 Å². The minimum Gasteiger partial charge on any atom is -0.468 e. The number of nitrogens with zero attached hydrogens (tertiary/aromatic N) is 3. The molecule has 0 spiro atoms. The van der Waals surface area contributed by atoms with Crippen LogP contribution in [-0.2, 0) is 12.0 Å². The Morgan fingerprint density at radius 3 is 2.85 bits per heavy atom. The predicted octanol–water partition coefficient (Wildman–Crippen LogP) is 5.92. The molecule has 2 aromatic heterocycles. The van der Waals surface area contributed by atoms with E-state index in [1.54, 1.807) is 12.5 Å². The molecule has 6 nitrogen and oxygen atoms in total. The van der Waals surface area contributed by atoms with Crippen LogP contribution < -0.4 is 10.1 Å². The van der Waals surface area contributed by atoms with Crippen molar-refractivity contribution in [2.75, 3.05) is 18.4 Å². The van der Waals surface area contributed by atoms with Crippen LogP contribution in [0.5, 0.6) is 11.6 Å². The number of amidine groups is 1. The van der Waals surface area contributed by atoms with Crippen molar-refractivity contribution in [2.24, 2.45) is 4.99 Å². The second-order valence-electron chi connectivity index (χ2n) is 9.59. The number of hydrogen-bond donors (Lipinski definition) is 1. The maximum absolute atomic E-state index is 6.32. The van der Waals surface area contributed by atoms with Gasteiger partial charge in [0.05, 0.1) is 18.8 Å². The van der Waals surface area contributed by atoms with E-state index in [4.69, 9.17) is 14.1 Å². The highest BCUT2D eigenvalue weighted by Crippen LogP contribution is 2.38. The maximum Gasteiger partial charge on any atom is 0.243 e. The first-order valence-electron chi connectivity index (χ1n) is 11.4. The van der Waals surface area contributed by atoms with Crippen LogP contribution >= 0.6 is 11.8 Å². The summed E-state index contributed by atoms with van der Waals surface area (Å²) in [7, 11) is 0. The third-order valence-corrected chi connectivity index (χ3v) is 7.23. The number of aromatic nitrogens is 1. The molecule has 0 saturated carbocycles. The summed E-state index contributed by atoms with van der Waals surface area (Å²) in [6, 6.07) is 16.4. The van der Waals surface area contributed by atoms with Crippen molar-refractivity contribution in [3.63, 3.8) is 0 Å². The van der Waals surface area contributed by atoms with E-state index in [9.17, 15) is 0 Å². The Hall–Kier alpha value is -2.77. The number of para-hydroxylation sites is 1. The zero-order valence-electron chi connectivity index (χ0n) is 19.3. The number of thioether (sulfide) groups is 1. The predicted molar refractivity (Wildman–Crippen MR) is 134 cm³/mol. The number of ether oxygens (including phenoxy) is 1. The zero-order valence-corrected chi connectivity index (χ0v) is 20.1. The van der Waals surface area contributed by atoms with Crippen LogP contribution in [0, 0.1) is 0 Å². The lowest BCUT2D eigenvalue weighted by molar-refractivity contribution is 0.199. The van der Waals surface area contributed by atoms with Crippen molar-refractivity contribution < 1.29 is 9.15 Å². The van der Waals surface area contributed by atoms with E-state index in [2.05, 4.69) is 42.0 Å². The quantitative estimate of drug-likeness (QED) is 0.508. The van der Waals surface area contributed by atoms with Crippen molar-refractivity contribution in [1.82, 2.24) is 9.88 Å². The molecule has 2 atom stereocenters. The number of benzene rings is 1. The second-order valence-corrected chi connectivity index (χ2v) is 10.8. The van der Waals surface area contributed by atoms with Crippen LogP contribution in [0.3, 0.4) is 0 Å². The number of likely N-dealkylation sites (tertiary alicyclic amines) is 1. The summed E-state index contributed by atoms with van der Waals surface area (Å²) in [5, 5.41) is 4.87. The number of anilines is 1. The van der Waals surface area contributed by atoms with Crippen LogP contribution in [0.4, 0.5) is 5.69 Å². The number of furan rings is 1. The molecule has 1 N–H and O–H groups in total. The van der Waals surface area contributed by atoms with E-state index in [1.807, 2.05) is 54.2 Å². The van der Waals surface area contributed by atoms with Crippen LogP contribution in [0.25, 0.3) is 0 Å². The van der Waals surface area contributed by atoms with Crippen molar-refractivity contribution in [1.29, 1.82) is 0 Å². The number of nitrogens with one attached hydrogen (secondary N) is 1. The monoisotopic (exact) mass is 462 g/mol. The molecule has 0 bridgehead atoms. The molecular formula is C26H30N4O2S. The summed E-state index contributed by atoms with van der Waals surface area (Å²) in [5.74, 6) is 2.41. The first-order chi connectivity index (χ1) is 16.0. The SMILES string of the molecule is CC(C)(C)c1ccccc1Oc1ncccc1NC1=NC2CCN(Cc3ccco3)CC2S1. The first kappa shape index (κ1) is 22.0. The third kappa shape index (κ3) is 5.09. The van der Waals surface area contributed by atoms with E-state index >= 15 is 0 Å². The molecule has 2 aliphatic rings. The summed E-state index contributed by atoms with van der Waals surface area (Å²) in [6.45, 7) is 9.45. The minimum absolute atomic E-state index is 0.0262. The van der Waals surface area contributed by atoms with Crippen molar-refractivity contribution in [2.45, 2.75) is 50.4 Å². The average molecular weight is 463 g/mol. The van der Waals surface area contributed by atoms with Gasteiger partial charge in [-0.1, -0.05) is 50.7 Å². The molecule has 1 fully saturated rings. The zero-order chi connectivity index (χ0) is 22.8. The normalized spacial score (nSPS) is 20.9. The van der Waals surface area contributed by atoms with Gasteiger partial charge in [0.1, 0.15) is 17.2 Å². The van der Waals surface area contributed by atoms with Gasteiger partial charge in [-0.3, -0.25) is 9.89 Å². The highest BCUT2D eigenvalue weighted by molar-refractivity contribution is 8.15. The molecule has 0 amide bonds. The van der Waals surface area contributed by atoms with E-state index in [-0.39, 0.29) is 5.41 Å². The Morgan fingerprint density at radius 2 is 2.03 bits per heavy atom. The standard InChI is InChI=1S/C26H30N4O2S/c1-26(2,3)19-9-4-5-11-22(19)32-24-21(10-6-13-27-24)29-25-28-20-12-14-30(17-23(20)33-25)16-18-8-7-15-31-18/h4-11,13,15,20,23H,12,14,16-17H2,1-3H3,(H,28,29). The number of fused-ring (bicyclic) bond motifs is 1. The van der Waals surface area contributed by atoms with Gasteiger partial charge in [0.2, 0.25) is 5.88 Å². The number of aliphatic imine (C=N–C) groups is 1. The molecule has 33 heavy (non-hydrogen) atoms. The van der Waals surface area contributed by atoms with Crippen molar-refractivity contribution >= 4 is 22.6 Å². The molecule has 172 valence electrons. The average Bonchev–Trinajstić information content (AvgIpc) is 3.44. The van der Waals surface area contributed by atoms with Crippen molar-refractivity contribution in [3.05, 3.63) is 72.3 Å². The highest BCUT2D eigenvalue weighted by atomic mass is 32.2. The van der Waals surface area contributed by atoms with Crippen LogP contribution in [0.1, 0.15) is 38.5 Å². The Morgan fingerprint density at radius 1 is 1.15 bits per heavy atom. The number of rotatable bonds is 5. The fourth-order valence-corrected chi connectivity index (χ4v) is 5.64. The summed E-state index contributed by atoms with van der Waals surface area (Å²) < 4.78 is 11.8. The van der Waals surface area contributed by atoms with Gasteiger partial charge in [0.15, 0.2) is 5.17 Å². The van der Waals surface area contributed by atoms with Gasteiger partial charge < -0.3 is 14.5 Å². The number of hydrogen-bond acceptors (Lipinski definition) is 7. The van der Waals surface area contributed by atoms with Crippen LogP contribution in [-0.4, -0.2) is 39.4 Å². The van der Waals surface area contributed by atoms with Gasteiger partial charge in [0, 0.05) is 30.1 Å². The molecule has 1 aromatic carbocycles. The lowest BCUT2D eigenvalue weighted by atomic mass is 9.86. The molecule has 7 heteroatoms. The summed E-state index contributed by atoms with van der Waals surface area (Å²) in [5.41, 5.74) is 1.96. The fraction of sp³-hybridized carbons (Fsp3) is 0.385. The minimum atomic E-state index is -0.0262. The van der Waals surface area contributed by atoms with E-state index in [1.165, 1.54) is 0 Å². The van der Waals surface area contributed by atoms with Crippen LogP contribution in [0.2, 0.25) is 0 Å². The third-order valence-electron chi connectivity index (χ3n) is 6.03. The smallest absolute Gasteiger partial charge is 0.243 e. The summed E-state index contributed by atoms with van der Waals surface area (Å²) in [6.07, 6.45) is 4.56. The van der Waals surface area contributed by atoms with Gasteiger partial charge in [-0.15, -0.1) is 0 Å². The Bertz CT molecular complexity index is 1120.